The monoisotopic (exact) mass is 545 g/mol. The van der Waals surface area contributed by atoms with E-state index in [1.165, 1.54) is 16.7 Å². The summed E-state index contributed by atoms with van der Waals surface area (Å²) < 4.78 is 5.15. The Morgan fingerprint density at radius 2 is 1.38 bits per heavy atom. The number of carbonyl (C=O) groups excluding carboxylic acids is 2. The molecule has 0 fully saturated rings. The van der Waals surface area contributed by atoms with Gasteiger partial charge in [0.15, 0.2) is 5.78 Å². The highest BCUT2D eigenvalue weighted by molar-refractivity contribution is 6.06. The van der Waals surface area contributed by atoms with Crippen LogP contribution in [-0.4, -0.2) is 25.3 Å². The summed E-state index contributed by atoms with van der Waals surface area (Å²) in [6.45, 7) is 12.7. The van der Waals surface area contributed by atoms with Gasteiger partial charge < -0.3 is 9.53 Å². The molecule has 0 saturated heterocycles. The maximum atomic E-state index is 11.6. The molecule has 0 saturated carbocycles. The maximum Gasteiger partial charge on any atom is 0.166 e. The Morgan fingerprint density at radius 3 is 1.82 bits per heavy atom. The molecule has 3 heteroatoms. The second kappa shape index (κ2) is 20.6. The van der Waals surface area contributed by atoms with Crippen LogP contribution in [0.25, 0.3) is 0 Å². The Labute approximate surface area is 246 Å². The van der Waals surface area contributed by atoms with Crippen molar-refractivity contribution in [3.63, 3.8) is 0 Å². The van der Waals surface area contributed by atoms with Gasteiger partial charge in [-0.1, -0.05) is 124 Å². The van der Waals surface area contributed by atoms with E-state index >= 15 is 0 Å². The highest BCUT2D eigenvalue weighted by atomic mass is 16.5. The van der Waals surface area contributed by atoms with Crippen molar-refractivity contribution in [1.29, 1.82) is 0 Å². The summed E-state index contributed by atoms with van der Waals surface area (Å²) in [5.41, 5.74) is 5.95. The highest BCUT2D eigenvalue weighted by Gasteiger charge is 2.23. The molecule has 0 aromatic heterocycles. The molecule has 0 heterocycles. The van der Waals surface area contributed by atoms with E-state index in [1.807, 2.05) is 69.7 Å². The highest BCUT2D eigenvalue weighted by Crippen LogP contribution is 2.27. The third-order valence-electron chi connectivity index (χ3n) is 6.56. The number of Topliss-reactive ketones (excluding diaryl/α,β-unsaturated/α-hetero) is 2. The first-order valence-electron chi connectivity index (χ1n) is 14.6. The zero-order valence-corrected chi connectivity index (χ0v) is 25.7. The van der Waals surface area contributed by atoms with E-state index in [9.17, 15) is 9.59 Å². The van der Waals surface area contributed by atoms with Gasteiger partial charge in [0.05, 0.1) is 6.61 Å². The summed E-state index contributed by atoms with van der Waals surface area (Å²) in [5, 5.41) is 0. The first-order chi connectivity index (χ1) is 19.3. The van der Waals surface area contributed by atoms with E-state index in [2.05, 4.69) is 62.4 Å². The Bertz CT molecular complexity index is 1130. The molecule has 0 spiro atoms. The third kappa shape index (κ3) is 14.2. The van der Waals surface area contributed by atoms with Crippen LogP contribution in [-0.2, 0) is 20.7 Å². The maximum absolute atomic E-state index is 11.6. The predicted octanol–water partition coefficient (Wildman–Crippen LogP) is 9.76. The van der Waals surface area contributed by atoms with Crippen LogP contribution in [0.15, 0.2) is 96.6 Å². The van der Waals surface area contributed by atoms with Crippen LogP contribution < -0.4 is 0 Å². The first-order valence-corrected chi connectivity index (χ1v) is 14.6. The average Bonchev–Trinajstić information content (AvgIpc) is 3.84. The topological polar surface area (TPSA) is 43.4 Å². The van der Waals surface area contributed by atoms with Gasteiger partial charge >= 0.3 is 0 Å². The molecule has 2 atom stereocenters. The lowest BCUT2D eigenvalue weighted by molar-refractivity contribution is -0.117. The molecule has 4 rings (SSSR count). The number of ether oxygens (including phenoxy) is 1. The smallest absolute Gasteiger partial charge is 0.166 e. The van der Waals surface area contributed by atoms with Gasteiger partial charge in [0.2, 0.25) is 0 Å². The Balaban J connectivity index is 0. The van der Waals surface area contributed by atoms with Gasteiger partial charge in [-0.3, -0.25) is 4.79 Å². The molecule has 1 radical (unpaired) electrons. The van der Waals surface area contributed by atoms with Gasteiger partial charge in [-0.15, -0.1) is 0 Å². The first kappa shape index (κ1) is 34.7. The summed E-state index contributed by atoms with van der Waals surface area (Å²) in [6, 6.07) is 28.9. The molecule has 219 valence electrons. The molecular weight excluding hydrogens is 492 g/mol. The predicted molar refractivity (Wildman–Crippen MR) is 174 cm³/mol. The number of benzene rings is 3. The van der Waals surface area contributed by atoms with Crippen molar-refractivity contribution >= 4 is 11.6 Å². The van der Waals surface area contributed by atoms with Crippen LogP contribution in [0.2, 0.25) is 0 Å². The zero-order chi connectivity index (χ0) is 29.8. The Kier molecular flexibility index (Phi) is 17.9. The number of rotatable bonds is 11. The van der Waals surface area contributed by atoms with Crippen LogP contribution in [0.5, 0.6) is 0 Å². The molecule has 3 aromatic carbocycles. The van der Waals surface area contributed by atoms with Crippen LogP contribution in [0.4, 0.5) is 0 Å². The zero-order valence-electron chi connectivity index (χ0n) is 25.7. The van der Waals surface area contributed by atoms with Gasteiger partial charge in [0.25, 0.3) is 0 Å². The number of hydrogen-bond donors (Lipinski definition) is 0. The second-order valence-corrected chi connectivity index (χ2v) is 9.80. The lowest BCUT2D eigenvalue weighted by Crippen LogP contribution is -2.07. The van der Waals surface area contributed by atoms with Crippen molar-refractivity contribution in [3.8, 4) is 0 Å². The molecule has 40 heavy (non-hydrogen) atoms. The normalized spacial score (nSPS) is 12.5. The standard InChI is InChI=1S/C12H11O.C12H16O.C11H16O.C2H6.2H2/c1-9(12(13)11-7-8-11)10-5-3-2-4-6-10;1-10-6-8-12(9-7-10)5-3-4-11(2)13;1-3-10(9-12-2)11-7-5-4-6-8-11;1-2;;/h2-9H,1H3;6-9H,3-5H2,1-2H3;4-8,10H,3,9H2,1-2H3;1-2H3;2*1H. The quantitative estimate of drug-likeness (QED) is 0.241. The number of hydrogen-bond acceptors (Lipinski definition) is 3. The minimum atomic E-state index is -0.00815. The molecule has 0 bridgehead atoms. The number of aryl methyl sites for hydroxylation is 2. The largest absolute Gasteiger partial charge is 0.384 e. The van der Waals surface area contributed by atoms with Crippen molar-refractivity contribution in [3.05, 3.63) is 125 Å². The summed E-state index contributed by atoms with van der Waals surface area (Å²) in [4.78, 5) is 22.3. The van der Waals surface area contributed by atoms with E-state index < -0.39 is 0 Å². The van der Waals surface area contributed by atoms with Crippen LogP contribution in [0.1, 0.15) is 90.8 Å². The number of allylic oxidation sites excluding steroid dienone is 2. The van der Waals surface area contributed by atoms with Gasteiger partial charge in [-0.25, -0.2) is 0 Å². The summed E-state index contributed by atoms with van der Waals surface area (Å²) in [7, 11) is 1.76. The van der Waals surface area contributed by atoms with Crippen molar-refractivity contribution in [2.45, 2.75) is 79.1 Å². The average molecular weight is 546 g/mol. The fourth-order valence-electron chi connectivity index (χ4n) is 4.02. The van der Waals surface area contributed by atoms with Gasteiger partial charge in [-0.05, 0) is 49.8 Å². The number of carbonyl (C=O) groups is 2. The molecule has 1 aliphatic carbocycles. The SMILES string of the molecule is CC.CC(=O)CCCc1ccc(C)cc1.CC(C(=O)C1=C[CH]1)c1ccccc1.CCC(COC)c1ccccc1.[HH].[HH]. The molecule has 1 aliphatic rings. The van der Waals surface area contributed by atoms with Crippen LogP contribution >= 0.6 is 0 Å². The lowest BCUT2D eigenvalue weighted by Gasteiger charge is -2.13. The fraction of sp³-hybridized carbons (Fsp3) is 0.378. The molecular formula is C37H53O3. The Hall–Kier alpha value is -3.30. The Morgan fingerprint density at radius 1 is 0.850 bits per heavy atom. The van der Waals surface area contributed by atoms with Gasteiger partial charge in [0, 0.05) is 40.2 Å². The minimum Gasteiger partial charge on any atom is -0.384 e. The van der Waals surface area contributed by atoms with E-state index in [0.29, 0.717) is 12.3 Å². The van der Waals surface area contributed by atoms with Crippen LogP contribution in [0.3, 0.4) is 0 Å². The van der Waals surface area contributed by atoms with E-state index in [-0.39, 0.29) is 20.3 Å². The van der Waals surface area contributed by atoms with E-state index in [1.54, 1.807) is 14.0 Å². The third-order valence-corrected chi connectivity index (χ3v) is 6.56. The van der Waals surface area contributed by atoms with E-state index in [0.717, 1.165) is 37.0 Å². The molecule has 2 unspecified atom stereocenters. The molecule has 0 aliphatic heterocycles. The van der Waals surface area contributed by atoms with Crippen molar-refractivity contribution < 1.29 is 17.2 Å². The minimum absolute atomic E-state index is 0. The molecule has 3 aromatic rings. The van der Waals surface area contributed by atoms with Crippen LogP contribution in [0, 0.1) is 13.3 Å². The number of methoxy groups -OCH3 is 1. The summed E-state index contributed by atoms with van der Waals surface area (Å²) in [5.74, 6) is 1.06. The summed E-state index contributed by atoms with van der Waals surface area (Å²) in [6.07, 6.45) is 7.55. The van der Waals surface area contributed by atoms with Gasteiger partial charge in [-0.2, -0.15) is 0 Å². The second-order valence-electron chi connectivity index (χ2n) is 9.80. The lowest BCUT2D eigenvalue weighted by atomic mass is 9.95. The number of ketones is 2. The van der Waals surface area contributed by atoms with E-state index in [4.69, 9.17) is 4.74 Å². The molecule has 0 N–H and O–H groups in total. The fourth-order valence-corrected chi connectivity index (χ4v) is 4.02. The van der Waals surface area contributed by atoms with Gasteiger partial charge in [0.1, 0.15) is 5.78 Å². The molecule has 0 amide bonds. The van der Waals surface area contributed by atoms with Crippen molar-refractivity contribution in [2.24, 2.45) is 0 Å². The summed E-state index contributed by atoms with van der Waals surface area (Å²) >= 11 is 0. The van der Waals surface area contributed by atoms with Crippen molar-refractivity contribution in [2.75, 3.05) is 13.7 Å². The molecule has 3 nitrogen and oxygen atoms in total. The van der Waals surface area contributed by atoms with Crippen molar-refractivity contribution in [1.82, 2.24) is 0 Å².